The highest BCUT2D eigenvalue weighted by Gasteiger charge is 2.12. The predicted octanol–water partition coefficient (Wildman–Crippen LogP) is 9.86. The predicted molar refractivity (Wildman–Crippen MR) is 133 cm³/mol. The van der Waals surface area contributed by atoms with Gasteiger partial charge in [-0.2, -0.15) is 0 Å². The first kappa shape index (κ1) is 31.1. The maximum atomic E-state index is 2.30. The zero-order valence-electron chi connectivity index (χ0n) is 21.2. The number of rotatable bonds is 2. The van der Waals surface area contributed by atoms with Gasteiger partial charge in [-0.05, 0) is 23.3 Å². The maximum Gasteiger partial charge on any atom is -0.0132 e. The fourth-order valence-corrected chi connectivity index (χ4v) is 1.69. The van der Waals surface area contributed by atoms with Gasteiger partial charge in [-0.3, -0.25) is 0 Å². The van der Waals surface area contributed by atoms with Crippen LogP contribution in [-0.4, -0.2) is 0 Å². The lowest BCUT2D eigenvalue weighted by atomic mass is 9.87. The van der Waals surface area contributed by atoms with Gasteiger partial charge in [0.25, 0.3) is 0 Å². The van der Waals surface area contributed by atoms with E-state index in [9.17, 15) is 0 Å². The van der Waals surface area contributed by atoms with Gasteiger partial charge in [-0.1, -0.05) is 155 Å². The molecule has 0 bridgehead atoms. The first-order chi connectivity index (χ1) is 13.1. The van der Waals surface area contributed by atoms with Crippen LogP contribution in [0.4, 0.5) is 0 Å². The van der Waals surface area contributed by atoms with Crippen LogP contribution in [-0.2, 0) is 5.41 Å². The molecule has 0 aliphatic carbocycles. The smallest absolute Gasteiger partial charge is 0.0132 e. The lowest BCUT2D eigenvalue weighted by Crippen LogP contribution is -2.10. The summed E-state index contributed by atoms with van der Waals surface area (Å²) in [7, 11) is 0. The summed E-state index contributed by atoms with van der Waals surface area (Å²) in [5, 5.41) is 0. The summed E-state index contributed by atoms with van der Waals surface area (Å²) in [6.07, 6.45) is 2.59. The monoisotopic (exact) mass is 386 g/mol. The van der Waals surface area contributed by atoms with Gasteiger partial charge in [0.15, 0.2) is 0 Å². The van der Waals surface area contributed by atoms with E-state index in [4.69, 9.17) is 0 Å². The van der Waals surface area contributed by atoms with Gasteiger partial charge in [-0.15, -0.1) is 0 Å². The van der Waals surface area contributed by atoms with Crippen molar-refractivity contribution in [3.63, 3.8) is 0 Å². The van der Waals surface area contributed by atoms with E-state index >= 15 is 0 Å². The van der Waals surface area contributed by atoms with Crippen molar-refractivity contribution in [3.8, 4) is 0 Å². The molecule has 28 heavy (non-hydrogen) atoms. The molecule has 0 aliphatic rings. The largest absolute Gasteiger partial charge is 0.0683 e. The molecule has 0 N–H and O–H groups in total. The standard InChI is InChI=1S/C11H16.C7H16.C6H6.2C2H6/c1-9-5-7-10(8-6-9)11(2,3)4;1-5-7(3,4)6-2;1-2-4-6-5-3-1;2*1-2/h5-8H,1-4H3;5-6H2,1-4H3;1-6H;2*1-2H3. The minimum Gasteiger partial charge on any atom is -0.0683 e. The molecule has 2 rings (SSSR count). The molecule has 0 heteroatoms. The average molecular weight is 387 g/mol. The molecule has 0 atom stereocenters. The van der Waals surface area contributed by atoms with E-state index in [-0.39, 0.29) is 5.41 Å². The van der Waals surface area contributed by atoms with Crippen molar-refractivity contribution >= 4 is 0 Å². The van der Waals surface area contributed by atoms with Crippen molar-refractivity contribution in [1.29, 1.82) is 0 Å². The van der Waals surface area contributed by atoms with Gasteiger partial charge in [0.05, 0.1) is 0 Å². The molecule has 0 amide bonds. The van der Waals surface area contributed by atoms with Gasteiger partial charge in [0, 0.05) is 0 Å². The lowest BCUT2D eigenvalue weighted by molar-refractivity contribution is 0.338. The number of hydrogen-bond acceptors (Lipinski definition) is 0. The Kier molecular flexibility index (Phi) is 20.9. The molecule has 162 valence electrons. The Labute approximate surface area is 178 Å². The van der Waals surface area contributed by atoms with Crippen LogP contribution < -0.4 is 0 Å². The first-order valence-corrected chi connectivity index (χ1v) is 11.2. The van der Waals surface area contributed by atoms with Gasteiger partial charge in [0.2, 0.25) is 0 Å². The molecule has 0 heterocycles. The normalized spacial score (nSPS) is 9.71. The van der Waals surface area contributed by atoms with Crippen molar-refractivity contribution in [3.05, 3.63) is 71.8 Å². The minimum absolute atomic E-state index is 0.285. The van der Waals surface area contributed by atoms with Gasteiger partial charge < -0.3 is 0 Å². The van der Waals surface area contributed by atoms with Crippen molar-refractivity contribution in [1.82, 2.24) is 0 Å². The number of benzene rings is 2. The quantitative estimate of drug-likeness (QED) is 0.481. The Morgan fingerprint density at radius 1 is 0.571 bits per heavy atom. The number of aryl methyl sites for hydroxylation is 1. The van der Waals surface area contributed by atoms with Gasteiger partial charge in [0.1, 0.15) is 0 Å². The zero-order valence-corrected chi connectivity index (χ0v) is 21.2. The van der Waals surface area contributed by atoms with Crippen LogP contribution in [0.5, 0.6) is 0 Å². The summed E-state index contributed by atoms with van der Waals surface area (Å²) in [6.45, 7) is 25.9. The summed E-state index contributed by atoms with van der Waals surface area (Å²) in [4.78, 5) is 0. The molecule has 0 aromatic heterocycles. The third-order valence-corrected chi connectivity index (χ3v) is 4.50. The van der Waals surface area contributed by atoms with E-state index < -0.39 is 0 Å². The maximum absolute atomic E-state index is 2.30. The molecular weight excluding hydrogens is 336 g/mol. The van der Waals surface area contributed by atoms with Gasteiger partial charge >= 0.3 is 0 Å². The van der Waals surface area contributed by atoms with Crippen molar-refractivity contribution < 1.29 is 0 Å². The Hall–Kier alpha value is -1.56. The summed E-state index contributed by atoms with van der Waals surface area (Å²) >= 11 is 0. The molecule has 2 aromatic carbocycles. The first-order valence-electron chi connectivity index (χ1n) is 11.2. The SMILES string of the molecule is CC.CC.CCC(C)(C)CC.Cc1ccc(C(C)(C)C)cc1.c1ccccc1. The second-order valence-corrected chi connectivity index (χ2v) is 8.14. The molecule has 0 saturated heterocycles. The highest BCUT2D eigenvalue weighted by atomic mass is 14.2. The van der Waals surface area contributed by atoms with E-state index in [0.29, 0.717) is 5.41 Å². The third-order valence-electron chi connectivity index (χ3n) is 4.50. The van der Waals surface area contributed by atoms with E-state index in [1.54, 1.807) is 0 Å². The summed E-state index contributed by atoms with van der Waals surface area (Å²) in [5.41, 5.74) is 3.61. The van der Waals surface area contributed by atoms with E-state index in [1.807, 2.05) is 64.1 Å². The van der Waals surface area contributed by atoms with Crippen LogP contribution in [0.3, 0.4) is 0 Å². The molecule has 2 aromatic rings. The topological polar surface area (TPSA) is 0 Å². The summed E-state index contributed by atoms with van der Waals surface area (Å²) in [5.74, 6) is 0. The Balaban J connectivity index is -0.000000321. The fraction of sp³-hybridized carbons (Fsp3) is 0.571. The molecule has 0 saturated carbocycles. The van der Waals surface area contributed by atoms with E-state index in [0.717, 1.165) is 0 Å². The molecule has 0 nitrogen and oxygen atoms in total. The van der Waals surface area contributed by atoms with Crippen LogP contribution in [0.25, 0.3) is 0 Å². The molecule has 0 spiro atoms. The van der Waals surface area contributed by atoms with Crippen molar-refractivity contribution in [2.24, 2.45) is 5.41 Å². The van der Waals surface area contributed by atoms with Crippen LogP contribution in [0.2, 0.25) is 0 Å². The van der Waals surface area contributed by atoms with E-state index in [2.05, 4.69) is 79.7 Å². The highest BCUT2D eigenvalue weighted by Crippen LogP contribution is 2.23. The molecule has 0 unspecified atom stereocenters. The second kappa shape index (κ2) is 18.8. The van der Waals surface area contributed by atoms with Crippen molar-refractivity contribution in [2.75, 3.05) is 0 Å². The number of hydrogen-bond donors (Lipinski definition) is 0. The van der Waals surface area contributed by atoms with E-state index in [1.165, 1.54) is 24.0 Å². The molecule has 0 aliphatic heterocycles. The van der Waals surface area contributed by atoms with Crippen LogP contribution in [0.1, 0.15) is 100 Å². The Morgan fingerprint density at radius 2 is 0.857 bits per heavy atom. The third kappa shape index (κ3) is 19.2. The molecular formula is C28H50. The Morgan fingerprint density at radius 3 is 1.04 bits per heavy atom. The minimum atomic E-state index is 0.285. The van der Waals surface area contributed by atoms with Gasteiger partial charge in [-0.25, -0.2) is 0 Å². The van der Waals surface area contributed by atoms with Crippen LogP contribution >= 0.6 is 0 Å². The van der Waals surface area contributed by atoms with Crippen LogP contribution in [0.15, 0.2) is 60.7 Å². The average Bonchev–Trinajstić information content (AvgIpc) is 2.73. The summed E-state index contributed by atoms with van der Waals surface area (Å²) in [6, 6.07) is 20.7. The second-order valence-electron chi connectivity index (χ2n) is 8.14. The zero-order chi connectivity index (χ0) is 22.6. The lowest BCUT2D eigenvalue weighted by Gasteiger charge is -2.18. The van der Waals surface area contributed by atoms with Crippen LogP contribution in [0, 0.1) is 12.3 Å². The Bertz CT molecular complexity index is 480. The van der Waals surface area contributed by atoms with Crippen molar-refractivity contribution in [2.45, 2.75) is 101 Å². The molecule has 0 fully saturated rings. The highest BCUT2D eigenvalue weighted by molar-refractivity contribution is 5.26. The summed E-state index contributed by atoms with van der Waals surface area (Å²) < 4.78 is 0. The molecule has 0 radical (unpaired) electrons. The fourth-order valence-electron chi connectivity index (χ4n) is 1.69.